The number of rotatable bonds is 3. The molecule has 2 amide bonds. The second-order valence-corrected chi connectivity index (χ2v) is 6.08. The van der Waals surface area contributed by atoms with Crippen LogP contribution in [-0.2, 0) is 11.2 Å². The lowest BCUT2D eigenvalue weighted by Crippen LogP contribution is -2.35. The van der Waals surface area contributed by atoms with Crippen LogP contribution in [0.15, 0.2) is 24.3 Å². The fourth-order valence-electron chi connectivity index (χ4n) is 2.55. The van der Waals surface area contributed by atoms with Gasteiger partial charge in [-0.05, 0) is 18.1 Å². The average Bonchev–Trinajstić information content (AvgIpc) is 2.88. The normalized spacial score (nSPS) is 16.8. The van der Waals surface area contributed by atoms with Crippen molar-refractivity contribution in [2.24, 2.45) is 0 Å². The molecule has 2 heterocycles. The maximum Gasteiger partial charge on any atom is 0.263 e. The molecular formula is C15H16N4O2S. The molecule has 0 aliphatic carbocycles. The third-order valence-electron chi connectivity index (χ3n) is 3.56. The Bertz CT molecular complexity index is 741. The molecule has 0 saturated carbocycles. The number of nitrogen functional groups attached to an aromatic ring is 1. The maximum absolute atomic E-state index is 12.5. The van der Waals surface area contributed by atoms with Crippen molar-refractivity contribution in [1.29, 1.82) is 0 Å². The topological polar surface area (TPSA) is 97.1 Å². The van der Waals surface area contributed by atoms with Crippen molar-refractivity contribution in [3.8, 4) is 0 Å². The summed E-state index contributed by atoms with van der Waals surface area (Å²) in [7, 11) is 0. The minimum Gasteiger partial charge on any atom is -0.375 e. The molecule has 0 unspecified atom stereocenters. The van der Waals surface area contributed by atoms with Crippen molar-refractivity contribution >= 4 is 34.0 Å². The summed E-state index contributed by atoms with van der Waals surface area (Å²) in [6.45, 7) is 1.93. The van der Waals surface area contributed by atoms with Gasteiger partial charge < -0.3 is 16.4 Å². The van der Waals surface area contributed by atoms with E-state index in [2.05, 4.69) is 15.6 Å². The van der Waals surface area contributed by atoms with Crippen LogP contribution in [0, 0.1) is 0 Å². The van der Waals surface area contributed by atoms with Gasteiger partial charge in [0.2, 0.25) is 5.91 Å². The summed E-state index contributed by atoms with van der Waals surface area (Å²) in [5.74, 6) is -0.343. The molecular weight excluding hydrogens is 300 g/mol. The highest BCUT2D eigenvalue weighted by molar-refractivity contribution is 7.17. The van der Waals surface area contributed by atoms with Gasteiger partial charge in [-0.15, -0.1) is 0 Å². The largest absolute Gasteiger partial charge is 0.375 e. The van der Waals surface area contributed by atoms with E-state index in [-0.39, 0.29) is 24.3 Å². The van der Waals surface area contributed by atoms with Gasteiger partial charge in [0.05, 0.1) is 18.2 Å². The first-order valence-corrected chi connectivity index (χ1v) is 7.85. The Kier molecular flexibility index (Phi) is 3.81. The zero-order chi connectivity index (χ0) is 15.7. The number of hydrogen-bond acceptors (Lipinski definition) is 5. The highest BCUT2D eigenvalue weighted by atomic mass is 32.1. The molecule has 0 fully saturated rings. The third kappa shape index (κ3) is 2.67. The van der Waals surface area contributed by atoms with E-state index < -0.39 is 0 Å². The van der Waals surface area contributed by atoms with E-state index in [0.29, 0.717) is 22.1 Å². The van der Waals surface area contributed by atoms with Gasteiger partial charge >= 0.3 is 0 Å². The molecule has 0 bridgehead atoms. The van der Waals surface area contributed by atoms with Crippen LogP contribution < -0.4 is 16.4 Å². The number of nitrogens with one attached hydrogen (secondary N) is 2. The number of aryl methyl sites for hydroxylation is 1. The van der Waals surface area contributed by atoms with E-state index in [0.717, 1.165) is 11.3 Å². The second-order valence-electron chi connectivity index (χ2n) is 5.05. The number of thiazole rings is 1. The van der Waals surface area contributed by atoms with Gasteiger partial charge in [-0.3, -0.25) is 9.59 Å². The monoisotopic (exact) mass is 316 g/mol. The Morgan fingerprint density at radius 1 is 1.50 bits per heavy atom. The Hall–Kier alpha value is -2.41. The zero-order valence-corrected chi connectivity index (χ0v) is 12.9. The molecule has 2 aromatic rings. The summed E-state index contributed by atoms with van der Waals surface area (Å²) in [5.41, 5.74) is 8.02. The van der Waals surface area contributed by atoms with E-state index in [1.54, 1.807) is 0 Å². The minimum absolute atomic E-state index is 0.108. The van der Waals surface area contributed by atoms with Gasteiger partial charge in [0, 0.05) is 5.69 Å². The predicted molar refractivity (Wildman–Crippen MR) is 85.8 cm³/mol. The molecule has 1 atom stereocenters. The Morgan fingerprint density at radius 3 is 3.05 bits per heavy atom. The number of hydrogen-bond donors (Lipinski definition) is 3. The first kappa shape index (κ1) is 14.5. The number of carbonyl (C=O) groups is 2. The number of amides is 2. The Balaban J connectivity index is 1.87. The summed E-state index contributed by atoms with van der Waals surface area (Å²) in [5, 5.41) is 6.11. The van der Waals surface area contributed by atoms with Crippen LogP contribution in [0.4, 0.5) is 10.8 Å². The number of aromatic nitrogens is 1. The molecule has 22 heavy (non-hydrogen) atoms. The summed E-state index contributed by atoms with van der Waals surface area (Å²) in [4.78, 5) is 29.0. The SMILES string of the molecule is CCc1nc(N)sc1C(=O)N[C@H]1CC(=O)Nc2ccccc21. The van der Waals surface area contributed by atoms with Gasteiger partial charge in [0.15, 0.2) is 5.13 Å². The number of benzene rings is 1. The van der Waals surface area contributed by atoms with E-state index in [9.17, 15) is 9.59 Å². The molecule has 7 heteroatoms. The van der Waals surface area contributed by atoms with Crippen LogP contribution in [0.3, 0.4) is 0 Å². The van der Waals surface area contributed by atoms with E-state index in [1.807, 2.05) is 31.2 Å². The van der Waals surface area contributed by atoms with Crippen LogP contribution in [0.5, 0.6) is 0 Å². The molecule has 1 aliphatic rings. The maximum atomic E-state index is 12.5. The fourth-order valence-corrected chi connectivity index (χ4v) is 3.38. The van der Waals surface area contributed by atoms with Crippen molar-refractivity contribution in [2.45, 2.75) is 25.8 Å². The van der Waals surface area contributed by atoms with Crippen LogP contribution in [0.25, 0.3) is 0 Å². The number of para-hydroxylation sites is 1. The quantitative estimate of drug-likeness (QED) is 0.808. The van der Waals surface area contributed by atoms with Crippen molar-refractivity contribution in [1.82, 2.24) is 10.3 Å². The number of anilines is 2. The molecule has 114 valence electrons. The van der Waals surface area contributed by atoms with E-state index in [4.69, 9.17) is 5.73 Å². The second kappa shape index (κ2) is 5.76. The Labute approximate surface area is 131 Å². The van der Waals surface area contributed by atoms with Gasteiger partial charge in [-0.1, -0.05) is 36.5 Å². The van der Waals surface area contributed by atoms with Gasteiger partial charge in [-0.2, -0.15) is 0 Å². The minimum atomic E-state index is -0.342. The van der Waals surface area contributed by atoms with Crippen molar-refractivity contribution in [2.75, 3.05) is 11.1 Å². The summed E-state index contributed by atoms with van der Waals surface area (Å²) in [6.07, 6.45) is 0.858. The van der Waals surface area contributed by atoms with Crippen LogP contribution in [0.1, 0.15) is 40.3 Å². The predicted octanol–water partition coefficient (Wildman–Crippen LogP) is 2.10. The molecule has 1 aliphatic heterocycles. The lowest BCUT2D eigenvalue weighted by Gasteiger charge is -2.26. The molecule has 1 aromatic heterocycles. The summed E-state index contributed by atoms with van der Waals surface area (Å²) >= 11 is 1.17. The zero-order valence-electron chi connectivity index (χ0n) is 12.1. The van der Waals surface area contributed by atoms with Gasteiger partial charge in [-0.25, -0.2) is 4.98 Å². The van der Waals surface area contributed by atoms with Crippen molar-refractivity contribution in [3.05, 3.63) is 40.4 Å². The number of carbonyl (C=O) groups excluding carboxylic acids is 2. The van der Waals surface area contributed by atoms with Gasteiger partial charge in [0.1, 0.15) is 4.88 Å². The molecule has 6 nitrogen and oxygen atoms in total. The van der Waals surface area contributed by atoms with Crippen LogP contribution in [-0.4, -0.2) is 16.8 Å². The molecule has 0 spiro atoms. The van der Waals surface area contributed by atoms with E-state index >= 15 is 0 Å². The first-order valence-electron chi connectivity index (χ1n) is 7.03. The highest BCUT2D eigenvalue weighted by Gasteiger charge is 2.27. The molecule has 1 aromatic carbocycles. The molecule has 0 radical (unpaired) electrons. The van der Waals surface area contributed by atoms with Crippen LogP contribution >= 0.6 is 11.3 Å². The highest BCUT2D eigenvalue weighted by Crippen LogP contribution is 2.31. The molecule has 4 N–H and O–H groups in total. The lowest BCUT2D eigenvalue weighted by atomic mass is 9.97. The number of nitrogens with two attached hydrogens (primary N) is 1. The number of fused-ring (bicyclic) bond motifs is 1. The molecule has 3 rings (SSSR count). The van der Waals surface area contributed by atoms with E-state index in [1.165, 1.54) is 11.3 Å². The summed E-state index contributed by atoms with van der Waals surface area (Å²) < 4.78 is 0. The van der Waals surface area contributed by atoms with Crippen molar-refractivity contribution < 1.29 is 9.59 Å². The average molecular weight is 316 g/mol. The van der Waals surface area contributed by atoms with Crippen molar-refractivity contribution in [3.63, 3.8) is 0 Å². The first-order chi connectivity index (χ1) is 10.6. The van der Waals surface area contributed by atoms with Gasteiger partial charge in [0.25, 0.3) is 5.91 Å². The smallest absolute Gasteiger partial charge is 0.263 e. The molecule has 0 saturated heterocycles. The lowest BCUT2D eigenvalue weighted by molar-refractivity contribution is -0.116. The Morgan fingerprint density at radius 2 is 2.27 bits per heavy atom. The fraction of sp³-hybridized carbons (Fsp3) is 0.267. The van der Waals surface area contributed by atoms with Crippen LogP contribution in [0.2, 0.25) is 0 Å². The standard InChI is InChI=1S/C15H16N4O2S/c1-2-9-13(22-15(16)19-9)14(21)18-11-7-12(20)17-10-6-4-3-5-8(10)11/h3-6,11H,2,7H2,1H3,(H2,16,19)(H,17,20)(H,18,21)/t11-/m0/s1. The third-order valence-corrected chi connectivity index (χ3v) is 4.49. The summed E-state index contributed by atoms with van der Waals surface area (Å²) in [6, 6.07) is 7.13. The number of nitrogens with zero attached hydrogens (tertiary/aromatic N) is 1.